The predicted octanol–water partition coefficient (Wildman–Crippen LogP) is 4.74. The molecule has 2 amide bonds. The van der Waals surface area contributed by atoms with Gasteiger partial charge >= 0.3 is 0 Å². The van der Waals surface area contributed by atoms with Crippen molar-refractivity contribution < 1.29 is 22.4 Å². The Bertz CT molecular complexity index is 1730. The largest absolute Gasteiger partial charge is 0.383 e. The number of amides is 2. The summed E-state index contributed by atoms with van der Waals surface area (Å²) in [5.74, 6) is -1.24. The molecule has 0 radical (unpaired) electrons. The van der Waals surface area contributed by atoms with Crippen molar-refractivity contribution in [2.24, 2.45) is 0 Å². The molecule has 0 fully saturated rings. The molecule has 41 heavy (non-hydrogen) atoms. The Hall–Kier alpha value is -4.51. The number of anilines is 3. The molecule has 214 valence electrons. The van der Waals surface area contributed by atoms with Crippen LogP contribution in [0.15, 0.2) is 71.8 Å². The van der Waals surface area contributed by atoms with Crippen LogP contribution in [0.3, 0.4) is 0 Å². The number of fused-ring (bicyclic) bond motifs is 1. The van der Waals surface area contributed by atoms with Crippen LogP contribution in [-0.4, -0.2) is 31.0 Å². The van der Waals surface area contributed by atoms with Crippen molar-refractivity contribution in [3.05, 3.63) is 89.4 Å². The van der Waals surface area contributed by atoms with E-state index in [0.717, 1.165) is 16.3 Å². The van der Waals surface area contributed by atoms with E-state index in [1.807, 2.05) is 6.92 Å². The minimum absolute atomic E-state index is 0.0406. The third-order valence-electron chi connectivity index (χ3n) is 6.70. The normalized spacial score (nSPS) is 12.1. The van der Waals surface area contributed by atoms with Crippen LogP contribution >= 0.6 is 0 Å². The average Bonchev–Trinajstić information content (AvgIpc) is 2.95. The van der Waals surface area contributed by atoms with Gasteiger partial charge in [0.15, 0.2) is 9.84 Å². The molecule has 0 saturated carbocycles. The highest BCUT2D eigenvalue weighted by molar-refractivity contribution is 7.91. The summed E-state index contributed by atoms with van der Waals surface area (Å²) in [5.41, 5.74) is 8.19. The van der Waals surface area contributed by atoms with E-state index in [4.69, 9.17) is 5.73 Å². The molecular weight excluding hydrogens is 545 g/mol. The average molecular weight is 578 g/mol. The van der Waals surface area contributed by atoms with Crippen LogP contribution in [0.4, 0.5) is 21.6 Å². The van der Waals surface area contributed by atoms with Crippen molar-refractivity contribution in [1.29, 1.82) is 0 Å². The summed E-state index contributed by atoms with van der Waals surface area (Å²) in [6.07, 6.45) is 2.21. The van der Waals surface area contributed by atoms with Gasteiger partial charge in [0.05, 0.1) is 10.6 Å². The number of hydrogen-bond acceptors (Lipinski definition) is 7. The molecule has 0 saturated heterocycles. The second kappa shape index (κ2) is 12.3. The first kappa shape index (κ1) is 29.5. The molecule has 1 unspecified atom stereocenters. The van der Waals surface area contributed by atoms with Gasteiger partial charge in [-0.05, 0) is 71.5 Å². The third-order valence-corrected chi connectivity index (χ3v) is 8.53. The highest BCUT2D eigenvalue weighted by Crippen LogP contribution is 2.28. The molecule has 0 aliphatic heterocycles. The number of aryl methyl sites for hydroxylation is 1. The summed E-state index contributed by atoms with van der Waals surface area (Å²) in [4.78, 5) is 29.4. The first-order chi connectivity index (χ1) is 19.5. The lowest BCUT2D eigenvalue weighted by Crippen LogP contribution is -2.34. The van der Waals surface area contributed by atoms with Crippen molar-refractivity contribution >= 4 is 49.6 Å². The Morgan fingerprint density at radius 3 is 2.46 bits per heavy atom. The van der Waals surface area contributed by atoms with Crippen LogP contribution in [0.2, 0.25) is 0 Å². The number of carbonyl (C=O) groups excluding carboxylic acids is 2. The number of nitrogens with one attached hydrogen (secondary N) is 3. The van der Waals surface area contributed by atoms with Gasteiger partial charge in [-0.3, -0.25) is 9.59 Å². The van der Waals surface area contributed by atoms with Crippen LogP contribution < -0.4 is 21.7 Å². The monoisotopic (exact) mass is 577 g/mol. The maximum absolute atomic E-state index is 15.2. The number of benzene rings is 3. The number of hydrogen-bond donors (Lipinski definition) is 4. The first-order valence-corrected chi connectivity index (χ1v) is 14.8. The van der Waals surface area contributed by atoms with Gasteiger partial charge in [0.1, 0.15) is 17.7 Å². The minimum atomic E-state index is -3.64. The van der Waals surface area contributed by atoms with Crippen molar-refractivity contribution in [3.8, 4) is 0 Å². The maximum atomic E-state index is 15.2. The zero-order valence-corrected chi connectivity index (χ0v) is 23.8. The van der Waals surface area contributed by atoms with E-state index in [0.29, 0.717) is 29.2 Å². The van der Waals surface area contributed by atoms with Crippen LogP contribution in [-0.2, 0) is 32.4 Å². The van der Waals surface area contributed by atoms with Crippen molar-refractivity contribution in [2.45, 2.75) is 44.7 Å². The van der Waals surface area contributed by atoms with Gasteiger partial charge in [0, 0.05) is 42.0 Å². The number of rotatable bonds is 10. The number of nitrogens with zero attached hydrogens (tertiary/aromatic N) is 1. The SMILES string of the molecule is CCc1ccc(F)c(C(Nc2ccc3c(N)nccc3c2)C(=O)NCc2cc(NC(C)=O)ccc2S(=O)(=O)CC)c1. The Labute approximate surface area is 238 Å². The fraction of sp³-hybridized carbons (Fsp3) is 0.233. The van der Waals surface area contributed by atoms with E-state index in [9.17, 15) is 18.0 Å². The second-order valence-corrected chi connectivity index (χ2v) is 11.8. The summed E-state index contributed by atoms with van der Waals surface area (Å²) in [7, 11) is -3.64. The Balaban J connectivity index is 1.70. The van der Waals surface area contributed by atoms with Gasteiger partial charge in [-0.2, -0.15) is 0 Å². The summed E-state index contributed by atoms with van der Waals surface area (Å²) in [6.45, 7) is 4.62. The molecule has 9 nitrogen and oxygen atoms in total. The van der Waals surface area contributed by atoms with Crippen LogP contribution in [0.1, 0.15) is 43.5 Å². The molecular formula is C30H32FN5O4S. The highest BCUT2D eigenvalue weighted by atomic mass is 32.2. The molecule has 0 spiro atoms. The fourth-order valence-electron chi connectivity index (χ4n) is 4.52. The van der Waals surface area contributed by atoms with Crippen LogP contribution in [0.5, 0.6) is 0 Å². The molecule has 1 atom stereocenters. The molecule has 4 aromatic rings. The zero-order chi connectivity index (χ0) is 29.7. The first-order valence-electron chi connectivity index (χ1n) is 13.1. The highest BCUT2D eigenvalue weighted by Gasteiger charge is 2.25. The molecule has 0 bridgehead atoms. The second-order valence-electron chi connectivity index (χ2n) is 9.54. The van der Waals surface area contributed by atoms with Crippen LogP contribution in [0.25, 0.3) is 10.8 Å². The lowest BCUT2D eigenvalue weighted by molar-refractivity contribution is -0.122. The van der Waals surface area contributed by atoms with Gasteiger partial charge < -0.3 is 21.7 Å². The summed E-state index contributed by atoms with van der Waals surface area (Å²) >= 11 is 0. The lowest BCUT2D eigenvalue weighted by Gasteiger charge is -2.22. The number of carbonyl (C=O) groups is 2. The van der Waals surface area contributed by atoms with Crippen LogP contribution in [0, 0.1) is 5.82 Å². The third kappa shape index (κ3) is 6.80. The minimum Gasteiger partial charge on any atom is -0.383 e. The predicted molar refractivity (Wildman–Crippen MR) is 159 cm³/mol. The van der Waals surface area contributed by atoms with Gasteiger partial charge in [0.25, 0.3) is 0 Å². The van der Waals surface area contributed by atoms with E-state index in [-0.39, 0.29) is 28.7 Å². The quantitative estimate of drug-likeness (QED) is 0.213. The molecule has 3 aromatic carbocycles. The summed E-state index contributed by atoms with van der Waals surface area (Å²) in [5, 5.41) is 10.1. The molecule has 0 aliphatic carbocycles. The summed E-state index contributed by atoms with van der Waals surface area (Å²) < 4.78 is 40.7. The topological polar surface area (TPSA) is 143 Å². The number of pyridine rings is 1. The number of halogens is 1. The van der Waals surface area contributed by atoms with E-state index < -0.39 is 27.6 Å². The molecule has 1 aromatic heterocycles. The van der Waals surface area contributed by atoms with E-state index in [1.54, 1.807) is 42.6 Å². The number of sulfone groups is 1. The lowest BCUT2D eigenvalue weighted by atomic mass is 10.0. The number of nitrogen functional groups attached to an aromatic ring is 1. The standard InChI is InChI=1S/C30H32FN5O4S/c1-4-19-6-10-26(31)25(14-19)28(36-23-7-9-24-20(15-23)12-13-33-29(24)32)30(38)34-17-21-16-22(35-18(3)37)8-11-27(21)41(39,40)5-2/h6-16,28,36H,4-5,17H2,1-3H3,(H2,32,33)(H,34,38)(H,35,37). The van der Waals surface area contributed by atoms with E-state index in [2.05, 4.69) is 20.9 Å². The molecule has 11 heteroatoms. The van der Waals surface area contributed by atoms with Gasteiger partial charge in [-0.1, -0.05) is 26.0 Å². The molecule has 1 heterocycles. The zero-order valence-electron chi connectivity index (χ0n) is 23.0. The smallest absolute Gasteiger partial charge is 0.247 e. The van der Waals surface area contributed by atoms with Crippen molar-refractivity contribution in [2.75, 3.05) is 22.1 Å². The molecule has 4 rings (SSSR count). The number of nitrogens with two attached hydrogens (primary N) is 1. The van der Waals surface area contributed by atoms with E-state index in [1.165, 1.54) is 38.1 Å². The Kier molecular flexibility index (Phi) is 8.87. The van der Waals surface area contributed by atoms with E-state index >= 15 is 4.39 Å². The maximum Gasteiger partial charge on any atom is 0.247 e. The van der Waals surface area contributed by atoms with Gasteiger partial charge in [-0.15, -0.1) is 0 Å². The molecule has 0 aliphatic rings. The van der Waals surface area contributed by atoms with Gasteiger partial charge in [-0.25, -0.2) is 17.8 Å². The van der Waals surface area contributed by atoms with Crippen molar-refractivity contribution in [3.63, 3.8) is 0 Å². The summed E-state index contributed by atoms with van der Waals surface area (Å²) in [6, 6.07) is 14.9. The Morgan fingerprint density at radius 2 is 1.76 bits per heavy atom. The Morgan fingerprint density at radius 1 is 1.00 bits per heavy atom. The van der Waals surface area contributed by atoms with Gasteiger partial charge in [0.2, 0.25) is 11.8 Å². The number of aromatic nitrogens is 1. The fourth-order valence-corrected chi connectivity index (χ4v) is 5.64. The molecule has 5 N–H and O–H groups in total. The van der Waals surface area contributed by atoms with Crippen molar-refractivity contribution in [1.82, 2.24) is 10.3 Å².